The molecule has 6 aromatic rings. The molecule has 0 aromatic heterocycles. The first kappa shape index (κ1) is 59.9. The molecule has 0 spiro atoms. The van der Waals surface area contributed by atoms with Crippen molar-refractivity contribution in [2.45, 2.75) is 6.92 Å². The van der Waals surface area contributed by atoms with E-state index in [1.54, 1.807) is 55.5 Å². The average molecular weight is 997 g/mol. The number of benzene rings is 6. The molecule has 0 heterocycles. The van der Waals surface area contributed by atoms with Crippen molar-refractivity contribution in [3.8, 4) is 64.6 Å². The number of hydrogen-bond donors (Lipinski definition) is 0. The van der Waals surface area contributed by atoms with Crippen molar-refractivity contribution in [1.82, 2.24) is 0 Å². The fraction of sp³-hybridized carbons (Fsp3) is 0.132. The topological polar surface area (TPSA) is 305 Å². The fourth-order valence-electron chi connectivity index (χ4n) is 5.07. The van der Waals surface area contributed by atoms with Crippen molar-refractivity contribution in [2.24, 2.45) is 0 Å². The number of carboxylic acid groups (broad SMARTS) is 6. The van der Waals surface area contributed by atoms with Gasteiger partial charge in [0.15, 0.2) is 23.0 Å². The second kappa shape index (κ2) is 32.5. The molecule has 0 atom stereocenters. The van der Waals surface area contributed by atoms with E-state index in [4.69, 9.17) is 39.6 Å². The van der Waals surface area contributed by atoms with Gasteiger partial charge in [-0.1, -0.05) is 36.4 Å². The number of terminal acetylenes is 1. The highest BCUT2D eigenvalue weighted by Gasteiger charge is 2.09. The molecular weight excluding hydrogens is 941 g/mol. The molecule has 0 amide bonds. The van der Waals surface area contributed by atoms with Crippen molar-refractivity contribution >= 4 is 35.8 Å². The summed E-state index contributed by atoms with van der Waals surface area (Å²) in [6.07, 6.45) is 7.12. The molecule has 72 heavy (non-hydrogen) atoms. The van der Waals surface area contributed by atoms with Gasteiger partial charge in [0.25, 0.3) is 0 Å². The van der Waals surface area contributed by atoms with E-state index in [0.717, 1.165) is 5.56 Å². The molecule has 0 aliphatic heterocycles. The smallest absolute Gasteiger partial charge is 0.169 e. The lowest BCUT2D eigenvalue weighted by Gasteiger charge is -2.12. The lowest BCUT2D eigenvalue weighted by atomic mass is 10.1. The summed E-state index contributed by atoms with van der Waals surface area (Å²) in [6.45, 7) is 1.80. The maximum absolute atomic E-state index is 10.6. The van der Waals surface area contributed by atoms with Gasteiger partial charge in [0.05, 0.1) is 78.5 Å². The third-order valence-electron chi connectivity index (χ3n) is 8.48. The molecule has 6 rings (SSSR count). The Morgan fingerprint density at radius 2 is 0.889 bits per heavy atom. The number of ether oxygens (including phenoxy) is 7. The second-order valence-electron chi connectivity index (χ2n) is 13.2. The second-order valence-corrected chi connectivity index (χ2v) is 13.2. The van der Waals surface area contributed by atoms with Crippen LogP contribution in [-0.4, -0.2) is 78.5 Å². The number of carboxylic acids is 6. The summed E-state index contributed by atoms with van der Waals surface area (Å²) in [6, 6.07) is 33.3. The minimum atomic E-state index is -1.28. The summed E-state index contributed by atoms with van der Waals surface area (Å²) in [7, 11) is 8.76. The van der Waals surface area contributed by atoms with E-state index in [9.17, 15) is 59.4 Å². The van der Waals surface area contributed by atoms with Gasteiger partial charge in [0, 0.05) is 31.2 Å². The van der Waals surface area contributed by atoms with Gasteiger partial charge in [-0.2, -0.15) is 0 Å². The highest BCUT2D eigenvalue weighted by atomic mass is 16.5. The molecule has 19 nitrogen and oxygen atoms in total. The van der Waals surface area contributed by atoms with Crippen LogP contribution in [0, 0.1) is 31.3 Å². The Morgan fingerprint density at radius 1 is 0.417 bits per heavy atom. The Labute approximate surface area is 422 Å². The minimum Gasteiger partial charge on any atom is -0.545 e. The molecule has 0 aliphatic rings. The number of hydrogen-bond acceptors (Lipinski definition) is 19. The number of carbonyl (C=O) groups is 6. The third kappa shape index (κ3) is 21.7. The van der Waals surface area contributed by atoms with Gasteiger partial charge in [0.2, 0.25) is 0 Å². The lowest BCUT2D eigenvalue weighted by molar-refractivity contribution is -0.256. The number of aryl methyl sites for hydroxylation is 1. The van der Waals surface area contributed by atoms with E-state index in [2.05, 4.69) is 17.9 Å². The molecule has 0 aliphatic carbocycles. The number of carbonyl (C=O) groups excluding carboxylic acids is 6. The van der Waals surface area contributed by atoms with E-state index in [1.807, 2.05) is 0 Å². The first-order chi connectivity index (χ1) is 34.3. The van der Waals surface area contributed by atoms with Crippen LogP contribution in [-0.2, 0) is 0 Å². The average Bonchev–Trinajstić information content (AvgIpc) is 3.39. The highest BCUT2D eigenvalue weighted by Crippen LogP contribution is 2.30. The van der Waals surface area contributed by atoms with Crippen LogP contribution in [0.1, 0.15) is 76.3 Å². The van der Waals surface area contributed by atoms with E-state index in [1.165, 1.54) is 128 Å². The fourth-order valence-corrected chi connectivity index (χ4v) is 5.07. The standard InChI is InChI=1S/C11H6O3.2C9H10O4.C9H10O3.C8H8O3.C7H6O2.6H2/c1-2-3-8-14-10-6-4-9(5-7-10)11(12)13;1-12-7-4-3-6(9(10)11)5-8(7)13-2;1-12-7-5-3-4-6(9(10)11)8(7)13-2;1-6-3-7(9(10)11)5-8(4-6)12-2;1-11-7-4-2-6(3-5-7)8(9)10;8-7(9)6-4-2-1-3-5-6;;;;;;/h1,4-7H,(H,12,13);2*3-5H,1-2H3,(H,10,11);3-5H,1-2H3,(H,10,11);2-5H,1H3,(H,9,10);1-5H,(H,8,9);6*1H/p-6. The molecule has 0 saturated heterocycles. The number of para-hydroxylation sites is 1. The Morgan fingerprint density at radius 3 is 1.31 bits per heavy atom. The van der Waals surface area contributed by atoms with Gasteiger partial charge < -0.3 is 92.6 Å². The van der Waals surface area contributed by atoms with E-state index in [0.29, 0.717) is 34.5 Å². The highest BCUT2D eigenvalue weighted by molar-refractivity contribution is 5.90. The van der Waals surface area contributed by atoms with Gasteiger partial charge in [-0.3, -0.25) is 0 Å². The Kier molecular flexibility index (Phi) is 27.1. The van der Waals surface area contributed by atoms with E-state index in [-0.39, 0.29) is 47.7 Å². The lowest BCUT2D eigenvalue weighted by Crippen LogP contribution is -2.23. The van der Waals surface area contributed by atoms with Crippen LogP contribution in [0.4, 0.5) is 0 Å². The first-order valence-corrected chi connectivity index (χ1v) is 20.1. The molecule has 0 unspecified atom stereocenters. The predicted octanol–water partition coefficient (Wildman–Crippen LogP) is 2.11. The van der Waals surface area contributed by atoms with Gasteiger partial charge >= 0.3 is 0 Å². The SMILES string of the molecule is C#CC#COc1ccc(C(=O)[O-])cc1.COc1cc(C)cc(C(=O)[O-])c1.COc1ccc(C(=O)[O-])cc1.COc1ccc(C(=O)[O-])cc1OC.COc1cccc(C(=O)[O-])c1OC.O=C([O-])c1ccccc1.[HH].[HH].[HH].[HH].[HH].[HH]. The third-order valence-corrected chi connectivity index (χ3v) is 8.48. The summed E-state index contributed by atoms with van der Waals surface area (Å²) < 4.78 is 34.2. The molecule has 0 N–H and O–H groups in total. The van der Waals surface area contributed by atoms with Crippen molar-refractivity contribution < 1.29 is 101 Å². The monoisotopic (exact) mass is 996 g/mol. The normalized spacial score (nSPS) is 9.03. The number of aromatic carboxylic acids is 6. The molecule has 0 saturated carbocycles. The summed E-state index contributed by atoms with van der Waals surface area (Å²) in [5, 5.41) is 62.2. The van der Waals surface area contributed by atoms with E-state index >= 15 is 0 Å². The van der Waals surface area contributed by atoms with Crippen LogP contribution in [0.15, 0.2) is 133 Å². The van der Waals surface area contributed by atoms with Crippen molar-refractivity contribution in [1.29, 1.82) is 0 Å². The molecule has 388 valence electrons. The van der Waals surface area contributed by atoms with Crippen LogP contribution in [0.5, 0.6) is 40.2 Å². The number of rotatable bonds is 13. The van der Waals surface area contributed by atoms with Crippen LogP contribution in [0.3, 0.4) is 0 Å². The maximum atomic E-state index is 10.6. The Balaban J connectivity index is -0.000000197. The number of methoxy groups -OCH3 is 6. The zero-order chi connectivity index (χ0) is 54.2. The van der Waals surface area contributed by atoms with Gasteiger partial charge in [-0.15, -0.1) is 6.42 Å². The van der Waals surface area contributed by atoms with Gasteiger partial charge in [-0.25, -0.2) is 0 Å². The maximum Gasteiger partial charge on any atom is 0.169 e. The van der Waals surface area contributed by atoms with Crippen LogP contribution in [0.2, 0.25) is 0 Å². The first-order valence-electron chi connectivity index (χ1n) is 20.1. The Hall–Kier alpha value is -10.1. The quantitative estimate of drug-likeness (QED) is 0.150. The minimum absolute atomic E-state index is 0. The molecule has 0 bridgehead atoms. The molecule has 0 radical (unpaired) electrons. The molecular formula is C53H56O19-6. The summed E-state index contributed by atoms with van der Waals surface area (Å²) in [5.74, 6) is 0.140. The summed E-state index contributed by atoms with van der Waals surface area (Å²) in [5.41, 5.74) is 1.51. The van der Waals surface area contributed by atoms with Crippen LogP contribution in [0.25, 0.3) is 0 Å². The zero-order valence-electron chi connectivity index (χ0n) is 39.5. The van der Waals surface area contributed by atoms with E-state index < -0.39 is 35.8 Å². The van der Waals surface area contributed by atoms with Crippen molar-refractivity contribution in [3.05, 3.63) is 172 Å². The van der Waals surface area contributed by atoms with Gasteiger partial charge in [-0.05, 0) is 132 Å². The van der Waals surface area contributed by atoms with Gasteiger partial charge in [0.1, 0.15) is 23.4 Å². The Bertz CT molecular complexity index is 2850. The largest absolute Gasteiger partial charge is 0.545 e. The van der Waals surface area contributed by atoms with Crippen LogP contribution >= 0.6 is 0 Å². The van der Waals surface area contributed by atoms with Crippen molar-refractivity contribution in [3.63, 3.8) is 0 Å². The molecule has 19 heteroatoms. The van der Waals surface area contributed by atoms with Crippen LogP contribution < -0.4 is 63.8 Å². The summed E-state index contributed by atoms with van der Waals surface area (Å²) in [4.78, 5) is 62.2. The van der Waals surface area contributed by atoms with Crippen molar-refractivity contribution in [2.75, 3.05) is 42.7 Å². The predicted molar refractivity (Wildman–Crippen MR) is 259 cm³/mol. The summed E-state index contributed by atoms with van der Waals surface area (Å²) >= 11 is 0. The zero-order valence-corrected chi connectivity index (χ0v) is 39.5. The molecule has 6 aromatic carbocycles. The molecule has 0 fully saturated rings.